The van der Waals surface area contributed by atoms with Gasteiger partial charge in [-0.15, -0.1) is 0 Å². The van der Waals surface area contributed by atoms with Gasteiger partial charge in [0.25, 0.3) is 0 Å². The van der Waals surface area contributed by atoms with Crippen LogP contribution in [0.4, 0.5) is 0 Å². The summed E-state index contributed by atoms with van der Waals surface area (Å²) in [6.45, 7) is 3.75. The number of piperazine rings is 1. The van der Waals surface area contributed by atoms with E-state index >= 15 is 0 Å². The number of nitrogens with zero attached hydrogens (tertiary/aromatic N) is 2. The van der Waals surface area contributed by atoms with Crippen molar-refractivity contribution in [2.24, 2.45) is 0 Å². The average Bonchev–Trinajstić information content (AvgIpc) is 2.60. The van der Waals surface area contributed by atoms with Gasteiger partial charge in [0.05, 0.1) is 21.6 Å². The molecule has 1 N–H and O–H groups in total. The van der Waals surface area contributed by atoms with Crippen LogP contribution < -0.4 is 10.1 Å². The van der Waals surface area contributed by atoms with Crippen LogP contribution in [0.2, 0.25) is 10.0 Å². The van der Waals surface area contributed by atoms with E-state index in [0.29, 0.717) is 27.1 Å². The summed E-state index contributed by atoms with van der Waals surface area (Å²) in [5.41, 5.74) is 0.595. The van der Waals surface area contributed by atoms with E-state index in [1.807, 2.05) is 6.07 Å². The van der Waals surface area contributed by atoms with E-state index in [2.05, 4.69) is 15.7 Å². The third-order valence-electron chi connectivity index (χ3n) is 3.49. The predicted octanol–water partition coefficient (Wildman–Crippen LogP) is 4.57. The molecule has 124 valence electrons. The van der Waals surface area contributed by atoms with Gasteiger partial charge in [0, 0.05) is 37.3 Å². The second-order valence-electron chi connectivity index (χ2n) is 5.22. The summed E-state index contributed by atoms with van der Waals surface area (Å²) < 4.78 is 8.22. The van der Waals surface area contributed by atoms with Gasteiger partial charge < -0.3 is 10.1 Å². The third kappa shape index (κ3) is 4.35. The molecule has 24 heavy (non-hydrogen) atoms. The lowest BCUT2D eigenvalue weighted by molar-refractivity contribution is 0.395. The van der Waals surface area contributed by atoms with Crippen molar-refractivity contribution in [1.29, 1.82) is 5.26 Å². The van der Waals surface area contributed by atoms with E-state index in [1.54, 1.807) is 42.3 Å². The molecule has 0 atom stereocenters. The molecular formula is C17H15Cl2N3OS. The van der Waals surface area contributed by atoms with Crippen LogP contribution in [0, 0.1) is 11.3 Å². The van der Waals surface area contributed by atoms with Crippen LogP contribution >= 0.6 is 35.1 Å². The molecule has 3 rings (SSSR count). The molecule has 0 unspecified atom stereocenters. The molecule has 0 spiro atoms. The van der Waals surface area contributed by atoms with Crippen molar-refractivity contribution < 1.29 is 4.74 Å². The Hall–Kier alpha value is -1.42. The monoisotopic (exact) mass is 379 g/mol. The average molecular weight is 380 g/mol. The zero-order chi connectivity index (χ0) is 16.9. The van der Waals surface area contributed by atoms with Crippen molar-refractivity contribution >= 4 is 35.1 Å². The highest BCUT2D eigenvalue weighted by molar-refractivity contribution is 7.97. The Bertz CT molecular complexity index is 773. The standard InChI is InChI=1S/C17H15Cl2N3OS/c18-13-2-3-14(19)16(10-13)23-15-4-1-12(11-20)9-17(15)24-22-7-5-21-6-8-22/h1-4,9-10,21H,5-8H2. The van der Waals surface area contributed by atoms with Crippen LogP contribution in [0.15, 0.2) is 41.3 Å². The highest BCUT2D eigenvalue weighted by Gasteiger charge is 2.16. The normalized spacial score (nSPS) is 15.0. The van der Waals surface area contributed by atoms with Crippen LogP contribution in [0.3, 0.4) is 0 Å². The van der Waals surface area contributed by atoms with E-state index in [1.165, 1.54) is 0 Å². The maximum absolute atomic E-state index is 9.17. The number of halogens is 2. The Morgan fingerprint density at radius 3 is 2.62 bits per heavy atom. The molecule has 0 aromatic heterocycles. The minimum atomic E-state index is 0.488. The van der Waals surface area contributed by atoms with Crippen molar-refractivity contribution in [1.82, 2.24) is 9.62 Å². The molecule has 1 aliphatic heterocycles. The summed E-state index contributed by atoms with van der Waals surface area (Å²) >= 11 is 13.8. The van der Waals surface area contributed by atoms with Gasteiger partial charge in [-0.25, -0.2) is 4.31 Å². The summed E-state index contributed by atoms with van der Waals surface area (Å²) in [5, 5.41) is 13.5. The predicted molar refractivity (Wildman–Crippen MR) is 98.0 cm³/mol. The quantitative estimate of drug-likeness (QED) is 0.788. The smallest absolute Gasteiger partial charge is 0.147 e. The molecule has 1 aliphatic rings. The summed E-state index contributed by atoms with van der Waals surface area (Å²) in [5.74, 6) is 1.15. The fraction of sp³-hybridized carbons (Fsp3) is 0.235. The van der Waals surface area contributed by atoms with Crippen molar-refractivity contribution in [3.63, 3.8) is 0 Å². The van der Waals surface area contributed by atoms with Gasteiger partial charge in [0.2, 0.25) is 0 Å². The number of ether oxygens (including phenoxy) is 1. The number of rotatable bonds is 4. The largest absolute Gasteiger partial charge is 0.455 e. The zero-order valence-electron chi connectivity index (χ0n) is 12.8. The van der Waals surface area contributed by atoms with Gasteiger partial charge in [-0.3, -0.25) is 0 Å². The first-order valence-corrected chi connectivity index (χ1v) is 8.99. The first kappa shape index (κ1) is 17.4. The lowest BCUT2D eigenvalue weighted by Gasteiger charge is -2.26. The van der Waals surface area contributed by atoms with E-state index in [4.69, 9.17) is 33.2 Å². The fourth-order valence-corrected chi connectivity index (χ4v) is 3.62. The lowest BCUT2D eigenvalue weighted by atomic mass is 10.2. The Kier molecular flexibility index (Phi) is 5.88. The minimum Gasteiger partial charge on any atom is -0.455 e. The Morgan fingerprint density at radius 2 is 1.88 bits per heavy atom. The third-order valence-corrected chi connectivity index (χ3v) is 5.18. The van der Waals surface area contributed by atoms with Gasteiger partial charge in [0.1, 0.15) is 11.5 Å². The van der Waals surface area contributed by atoms with Crippen LogP contribution in [-0.2, 0) is 0 Å². The van der Waals surface area contributed by atoms with Crippen molar-refractivity contribution in [3.8, 4) is 17.6 Å². The molecule has 2 aromatic rings. The number of hydrogen-bond donors (Lipinski definition) is 1. The number of benzene rings is 2. The maximum atomic E-state index is 9.17. The molecule has 0 amide bonds. The molecule has 7 heteroatoms. The molecule has 0 radical (unpaired) electrons. The van der Waals surface area contributed by atoms with E-state index in [-0.39, 0.29) is 0 Å². The van der Waals surface area contributed by atoms with E-state index in [9.17, 15) is 0 Å². The Balaban J connectivity index is 1.88. The Morgan fingerprint density at radius 1 is 1.08 bits per heavy atom. The van der Waals surface area contributed by atoms with Crippen LogP contribution in [0.25, 0.3) is 0 Å². The second kappa shape index (κ2) is 8.11. The number of nitriles is 1. The van der Waals surface area contributed by atoms with Gasteiger partial charge in [-0.1, -0.05) is 23.2 Å². The highest BCUT2D eigenvalue weighted by Crippen LogP contribution is 2.38. The topological polar surface area (TPSA) is 48.3 Å². The molecule has 1 saturated heterocycles. The van der Waals surface area contributed by atoms with E-state index < -0.39 is 0 Å². The van der Waals surface area contributed by atoms with Crippen molar-refractivity contribution in [2.75, 3.05) is 26.2 Å². The van der Waals surface area contributed by atoms with Crippen LogP contribution in [0.5, 0.6) is 11.5 Å². The molecule has 1 fully saturated rings. The van der Waals surface area contributed by atoms with Crippen LogP contribution in [-0.4, -0.2) is 30.5 Å². The number of hydrogen-bond acceptors (Lipinski definition) is 5. The summed E-state index contributed by atoms with van der Waals surface area (Å²) in [6, 6.07) is 12.6. The summed E-state index contributed by atoms with van der Waals surface area (Å²) in [4.78, 5) is 0.881. The van der Waals surface area contributed by atoms with Crippen LogP contribution in [0.1, 0.15) is 5.56 Å². The molecule has 1 heterocycles. The molecule has 0 saturated carbocycles. The lowest BCUT2D eigenvalue weighted by Crippen LogP contribution is -2.39. The maximum Gasteiger partial charge on any atom is 0.147 e. The summed E-state index contributed by atoms with van der Waals surface area (Å²) in [7, 11) is 0. The molecule has 4 nitrogen and oxygen atoms in total. The van der Waals surface area contributed by atoms with E-state index in [0.717, 1.165) is 31.1 Å². The van der Waals surface area contributed by atoms with Gasteiger partial charge in [-0.05, 0) is 42.3 Å². The van der Waals surface area contributed by atoms with Crippen molar-refractivity contribution in [2.45, 2.75) is 4.90 Å². The minimum absolute atomic E-state index is 0.488. The number of nitrogens with one attached hydrogen (secondary N) is 1. The Labute approximate surface area is 155 Å². The fourth-order valence-electron chi connectivity index (χ4n) is 2.28. The van der Waals surface area contributed by atoms with Gasteiger partial charge in [-0.2, -0.15) is 5.26 Å². The zero-order valence-corrected chi connectivity index (χ0v) is 15.1. The highest BCUT2D eigenvalue weighted by atomic mass is 35.5. The SMILES string of the molecule is N#Cc1ccc(Oc2cc(Cl)ccc2Cl)c(SN2CCNCC2)c1. The van der Waals surface area contributed by atoms with Crippen molar-refractivity contribution in [3.05, 3.63) is 52.0 Å². The molecule has 0 bridgehead atoms. The molecule has 2 aromatic carbocycles. The second-order valence-corrected chi connectivity index (χ2v) is 7.20. The van der Waals surface area contributed by atoms with Gasteiger partial charge >= 0.3 is 0 Å². The first-order chi connectivity index (χ1) is 11.7. The molecular weight excluding hydrogens is 365 g/mol. The van der Waals surface area contributed by atoms with Gasteiger partial charge in [0.15, 0.2) is 0 Å². The summed E-state index contributed by atoms with van der Waals surface area (Å²) in [6.07, 6.45) is 0. The first-order valence-electron chi connectivity index (χ1n) is 7.46. The molecule has 0 aliphatic carbocycles.